The molecule has 3 atom stereocenters. The number of hydrogen-bond acceptors (Lipinski definition) is 3. The quantitative estimate of drug-likeness (QED) is 0.795. The Bertz CT molecular complexity index is 327. The van der Waals surface area contributed by atoms with Gasteiger partial charge in [-0.2, -0.15) is 0 Å². The fourth-order valence-electron chi connectivity index (χ4n) is 2.99. The largest absolute Gasteiger partial charge is 0.324 e. The van der Waals surface area contributed by atoms with Gasteiger partial charge in [-0.05, 0) is 39.2 Å². The van der Waals surface area contributed by atoms with Gasteiger partial charge in [0.25, 0.3) is 0 Å². The van der Waals surface area contributed by atoms with Crippen LogP contribution < -0.4 is 5.32 Å². The molecule has 3 unspecified atom stereocenters. The minimum absolute atomic E-state index is 0.00313. The first-order chi connectivity index (χ1) is 8.95. The summed E-state index contributed by atoms with van der Waals surface area (Å²) in [5.74, 6) is 0.654. The van der Waals surface area contributed by atoms with Crippen LogP contribution in [0.1, 0.15) is 47.0 Å². The molecule has 1 heterocycles. The molecule has 110 valence electrons. The summed E-state index contributed by atoms with van der Waals surface area (Å²) in [5.41, 5.74) is 0. The molecule has 2 fully saturated rings. The highest BCUT2D eigenvalue weighted by Crippen LogP contribution is 2.28. The molecular weight excluding hydrogens is 238 g/mol. The molecular formula is C15H29N3O. The minimum Gasteiger partial charge on any atom is -0.324 e. The summed E-state index contributed by atoms with van der Waals surface area (Å²) < 4.78 is 0. The Hall–Kier alpha value is -0.610. The third kappa shape index (κ3) is 3.11. The lowest BCUT2D eigenvalue weighted by Gasteiger charge is -2.31. The summed E-state index contributed by atoms with van der Waals surface area (Å²) >= 11 is 0. The van der Waals surface area contributed by atoms with Crippen molar-refractivity contribution in [3.63, 3.8) is 0 Å². The SMILES string of the molecule is CCC1NC(C(C)C)C(=O)N1CC(C)N(C)C1CC1. The highest BCUT2D eigenvalue weighted by Gasteiger charge is 2.40. The lowest BCUT2D eigenvalue weighted by atomic mass is 10.0. The number of amides is 1. The first-order valence-electron chi connectivity index (χ1n) is 7.74. The van der Waals surface area contributed by atoms with Crippen LogP contribution in [0, 0.1) is 5.92 Å². The van der Waals surface area contributed by atoms with Gasteiger partial charge in [0.1, 0.15) is 0 Å². The molecule has 1 aliphatic carbocycles. The summed E-state index contributed by atoms with van der Waals surface area (Å²) in [6.45, 7) is 9.47. The van der Waals surface area contributed by atoms with Gasteiger partial charge < -0.3 is 4.90 Å². The van der Waals surface area contributed by atoms with Gasteiger partial charge in [0, 0.05) is 18.6 Å². The molecule has 0 aromatic carbocycles. The Kier molecular flexibility index (Phi) is 4.51. The number of rotatable bonds is 6. The Morgan fingerprint density at radius 1 is 1.37 bits per heavy atom. The van der Waals surface area contributed by atoms with Crippen molar-refractivity contribution in [1.82, 2.24) is 15.1 Å². The number of likely N-dealkylation sites (N-methyl/N-ethyl adjacent to an activating group) is 1. The van der Waals surface area contributed by atoms with Crippen molar-refractivity contribution >= 4 is 5.91 Å². The smallest absolute Gasteiger partial charge is 0.241 e. The minimum atomic E-state index is 0.00313. The van der Waals surface area contributed by atoms with Crippen LogP contribution in [0.5, 0.6) is 0 Å². The van der Waals surface area contributed by atoms with Crippen molar-refractivity contribution in [2.75, 3.05) is 13.6 Å². The molecule has 0 radical (unpaired) electrons. The first kappa shape index (κ1) is 14.8. The van der Waals surface area contributed by atoms with Crippen LogP contribution >= 0.6 is 0 Å². The van der Waals surface area contributed by atoms with E-state index >= 15 is 0 Å². The summed E-state index contributed by atoms with van der Waals surface area (Å²) in [6, 6.07) is 1.20. The summed E-state index contributed by atoms with van der Waals surface area (Å²) in [6.07, 6.45) is 3.84. The van der Waals surface area contributed by atoms with Crippen LogP contribution in [0.3, 0.4) is 0 Å². The highest BCUT2D eigenvalue weighted by atomic mass is 16.2. The van der Waals surface area contributed by atoms with Crippen LogP contribution in [0.4, 0.5) is 0 Å². The van der Waals surface area contributed by atoms with Gasteiger partial charge in [-0.3, -0.25) is 15.0 Å². The monoisotopic (exact) mass is 267 g/mol. The zero-order chi connectivity index (χ0) is 14.2. The van der Waals surface area contributed by atoms with Crippen molar-refractivity contribution < 1.29 is 4.79 Å². The molecule has 1 aliphatic heterocycles. The molecule has 4 heteroatoms. The number of nitrogens with zero attached hydrogens (tertiary/aromatic N) is 2. The molecule has 0 aromatic heterocycles. The molecule has 0 bridgehead atoms. The second-order valence-corrected chi connectivity index (χ2v) is 6.55. The summed E-state index contributed by atoms with van der Waals surface area (Å²) in [5, 5.41) is 3.49. The van der Waals surface area contributed by atoms with E-state index in [2.05, 4.69) is 49.9 Å². The van der Waals surface area contributed by atoms with Crippen LogP contribution in [0.25, 0.3) is 0 Å². The molecule has 0 spiro atoms. The van der Waals surface area contributed by atoms with Gasteiger partial charge >= 0.3 is 0 Å². The molecule has 4 nitrogen and oxygen atoms in total. The molecule has 2 rings (SSSR count). The van der Waals surface area contributed by atoms with Crippen LogP contribution in [0.15, 0.2) is 0 Å². The summed E-state index contributed by atoms with van der Waals surface area (Å²) in [7, 11) is 2.19. The van der Waals surface area contributed by atoms with E-state index < -0.39 is 0 Å². The zero-order valence-corrected chi connectivity index (χ0v) is 13.0. The van der Waals surface area contributed by atoms with Gasteiger partial charge in [0.15, 0.2) is 0 Å². The van der Waals surface area contributed by atoms with Crippen LogP contribution in [0.2, 0.25) is 0 Å². The predicted octanol–water partition coefficient (Wildman–Crippen LogP) is 1.66. The molecule has 1 N–H and O–H groups in total. The average Bonchev–Trinajstić information content (AvgIpc) is 3.15. The van der Waals surface area contributed by atoms with Gasteiger partial charge in [0.2, 0.25) is 5.91 Å². The van der Waals surface area contributed by atoms with Gasteiger partial charge in [-0.1, -0.05) is 20.8 Å². The van der Waals surface area contributed by atoms with E-state index in [1.54, 1.807) is 0 Å². The standard InChI is InChI=1S/C15H29N3O/c1-6-13-16-14(10(2)3)15(19)18(13)9-11(4)17(5)12-7-8-12/h10-14,16H,6-9H2,1-5H3. The molecule has 19 heavy (non-hydrogen) atoms. The second-order valence-electron chi connectivity index (χ2n) is 6.55. The van der Waals surface area contributed by atoms with E-state index in [-0.39, 0.29) is 18.1 Å². The number of nitrogens with one attached hydrogen (secondary N) is 1. The van der Waals surface area contributed by atoms with E-state index in [1.165, 1.54) is 12.8 Å². The van der Waals surface area contributed by atoms with Crippen molar-refractivity contribution in [3.8, 4) is 0 Å². The Morgan fingerprint density at radius 3 is 2.47 bits per heavy atom. The average molecular weight is 267 g/mol. The molecule has 0 aromatic rings. The van der Waals surface area contributed by atoms with Crippen molar-refractivity contribution in [3.05, 3.63) is 0 Å². The zero-order valence-electron chi connectivity index (χ0n) is 13.0. The van der Waals surface area contributed by atoms with Gasteiger partial charge in [-0.15, -0.1) is 0 Å². The van der Waals surface area contributed by atoms with E-state index in [1.807, 2.05) is 0 Å². The maximum Gasteiger partial charge on any atom is 0.241 e. The first-order valence-corrected chi connectivity index (χ1v) is 7.74. The Balaban J connectivity index is 1.98. The summed E-state index contributed by atoms with van der Waals surface area (Å²) in [4.78, 5) is 17.0. The third-order valence-electron chi connectivity index (χ3n) is 4.63. The highest BCUT2D eigenvalue weighted by molar-refractivity contribution is 5.84. The van der Waals surface area contributed by atoms with E-state index in [4.69, 9.17) is 0 Å². The predicted molar refractivity (Wildman–Crippen MR) is 77.8 cm³/mol. The lowest BCUT2D eigenvalue weighted by molar-refractivity contribution is -0.131. The molecule has 1 saturated heterocycles. The third-order valence-corrected chi connectivity index (χ3v) is 4.63. The normalized spacial score (nSPS) is 29.6. The Morgan fingerprint density at radius 2 is 2.00 bits per heavy atom. The maximum absolute atomic E-state index is 12.5. The van der Waals surface area contributed by atoms with Crippen LogP contribution in [-0.2, 0) is 4.79 Å². The number of carbonyl (C=O) groups is 1. The topological polar surface area (TPSA) is 35.6 Å². The van der Waals surface area contributed by atoms with Crippen molar-refractivity contribution in [1.29, 1.82) is 0 Å². The fourth-order valence-corrected chi connectivity index (χ4v) is 2.99. The van der Waals surface area contributed by atoms with Crippen LogP contribution in [-0.4, -0.2) is 53.6 Å². The Labute approximate surface area is 117 Å². The maximum atomic E-state index is 12.5. The molecule has 2 aliphatic rings. The molecule has 1 amide bonds. The van der Waals surface area contributed by atoms with Crippen molar-refractivity contribution in [2.24, 2.45) is 5.92 Å². The molecule has 1 saturated carbocycles. The van der Waals surface area contributed by atoms with Gasteiger partial charge in [0.05, 0.1) is 12.2 Å². The van der Waals surface area contributed by atoms with E-state index in [9.17, 15) is 4.79 Å². The van der Waals surface area contributed by atoms with Gasteiger partial charge in [-0.25, -0.2) is 0 Å². The fraction of sp³-hybridized carbons (Fsp3) is 0.933. The van der Waals surface area contributed by atoms with E-state index in [0.29, 0.717) is 12.0 Å². The number of carbonyl (C=O) groups excluding carboxylic acids is 1. The van der Waals surface area contributed by atoms with Crippen molar-refractivity contribution in [2.45, 2.75) is 71.2 Å². The van der Waals surface area contributed by atoms with E-state index in [0.717, 1.165) is 19.0 Å². The second kappa shape index (κ2) is 5.80. The number of hydrogen-bond donors (Lipinski definition) is 1. The lowest BCUT2D eigenvalue weighted by Crippen LogP contribution is -2.46.